The molecule has 0 aromatic heterocycles. The van der Waals surface area contributed by atoms with Gasteiger partial charge in [-0.15, -0.1) is 0 Å². The Hall–Kier alpha value is -1.57. The quantitative estimate of drug-likeness (QED) is 0.529. The molecule has 22 heavy (non-hydrogen) atoms. The second-order valence-corrected chi connectivity index (χ2v) is 6.63. The number of hydrogen-bond acceptors (Lipinski definition) is 6. The standard InChI is InChI=1S/C14H21NO6S/c1-8(2)13(18)15-21-12(17)5-6-22-7-10-9(14(19)20)3-4-11(10)16/h8-10H,3-7H2,1-2H3,(H,15,18)(H,19,20). The predicted octanol–water partition coefficient (Wildman–Crippen LogP) is 1.02. The number of carboxylic acids is 1. The topological polar surface area (TPSA) is 110 Å². The molecule has 0 heterocycles. The molecule has 124 valence electrons. The number of Topliss-reactive ketones (excluding diaryl/α,β-unsaturated/α-hetero) is 1. The molecule has 0 aromatic carbocycles. The molecule has 1 fully saturated rings. The first-order valence-electron chi connectivity index (χ1n) is 7.15. The highest BCUT2D eigenvalue weighted by molar-refractivity contribution is 7.99. The van der Waals surface area contributed by atoms with Gasteiger partial charge in [-0.25, -0.2) is 4.79 Å². The third kappa shape index (κ3) is 5.67. The number of carboxylic acid groups (broad SMARTS) is 1. The van der Waals surface area contributed by atoms with Gasteiger partial charge in [0.2, 0.25) is 0 Å². The van der Waals surface area contributed by atoms with Crippen LogP contribution >= 0.6 is 11.8 Å². The molecule has 1 rings (SSSR count). The number of amides is 1. The van der Waals surface area contributed by atoms with E-state index in [0.29, 0.717) is 24.3 Å². The summed E-state index contributed by atoms with van der Waals surface area (Å²) < 4.78 is 0. The minimum absolute atomic E-state index is 0.0216. The third-order valence-corrected chi connectivity index (χ3v) is 4.54. The van der Waals surface area contributed by atoms with Gasteiger partial charge in [-0.2, -0.15) is 17.2 Å². The fraction of sp³-hybridized carbons (Fsp3) is 0.714. The van der Waals surface area contributed by atoms with Crippen molar-refractivity contribution in [1.82, 2.24) is 5.48 Å². The summed E-state index contributed by atoms with van der Waals surface area (Å²) in [6.45, 7) is 3.35. The van der Waals surface area contributed by atoms with Crippen LogP contribution in [0.1, 0.15) is 33.1 Å². The van der Waals surface area contributed by atoms with Gasteiger partial charge in [-0.3, -0.25) is 14.4 Å². The number of nitrogens with one attached hydrogen (secondary N) is 1. The van der Waals surface area contributed by atoms with Gasteiger partial charge in [0.15, 0.2) is 0 Å². The van der Waals surface area contributed by atoms with E-state index in [4.69, 9.17) is 5.11 Å². The van der Waals surface area contributed by atoms with E-state index in [-0.39, 0.29) is 24.0 Å². The monoisotopic (exact) mass is 331 g/mol. The van der Waals surface area contributed by atoms with Gasteiger partial charge in [0.25, 0.3) is 5.91 Å². The van der Waals surface area contributed by atoms with Crippen LogP contribution in [0.4, 0.5) is 0 Å². The maximum Gasteiger partial charge on any atom is 0.333 e. The maximum atomic E-state index is 11.6. The second kappa shape index (κ2) is 8.77. The van der Waals surface area contributed by atoms with E-state index in [1.54, 1.807) is 13.8 Å². The summed E-state index contributed by atoms with van der Waals surface area (Å²) in [5, 5.41) is 9.04. The highest BCUT2D eigenvalue weighted by atomic mass is 32.2. The fourth-order valence-corrected chi connectivity index (χ4v) is 3.21. The number of hydrogen-bond donors (Lipinski definition) is 2. The lowest BCUT2D eigenvalue weighted by molar-refractivity contribution is -0.159. The molecule has 0 aromatic rings. The number of rotatable bonds is 7. The van der Waals surface area contributed by atoms with E-state index in [1.165, 1.54) is 11.8 Å². The Balaban J connectivity index is 2.21. The van der Waals surface area contributed by atoms with Crippen LogP contribution in [0.25, 0.3) is 0 Å². The van der Waals surface area contributed by atoms with Crippen molar-refractivity contribution in [3.05, 3.63) is 0 Å². The average molecular weight is 331 g/mol. The van der Waals surface area contributed by atoms with Crippen LogP contribution in [0.5, 0.6) is 0 Å². The molecular formula is C14H21NO6S. The van der Waals surface area contributed by atoms with Crippen LogP contribution in [0.3, 0.4) is 0 Å². The molecule has 1 aliphatic rings. The minimum atomic E-state index is -0.938. The smallest absolute Gasteiger partial charge is 0.333 e. The van der Waals surface area contributed by atoms with Gasteiger partial charge in [0.05, 0.1) is 12.3 Å². The van der Waals surface area contributed by atoms with Crippen molar-refractivity contribution in [2.24, 2.45) is 17.8 Å². The lowest BCUT2D eigenvalue weighted by Crippen LogP contribution is -2.30. The molecular weight excluding hydrogens is 310 g/mol. The summed E-state index contributed by atoms with van der Waals surface area (Å²) in [5.74, 6) is -2.46. The van der Waals surface area contributed by atoms with Gasteiger partial charge in [-0.05, 0) is 6.42 Å². The Morgan fingerprint density at radius 2 is 2.09 bits per heavy atom. The molecule has 0 spiro atoms. The number of hydroxylamine groups is 1. The number of carbonyl (C=O) groups excluding carboxylic acids is 3. The zero-order valence-corrected chi connectivity index (χ0v) is 13.5. The summed E-state index contributed by atoms with van der Waals surface area (Å²) in [6, 6.07) is 0. The lowest BCUT2D eigenvalue weighted by Gasteiger charge is -2.13. The van der Waals surface area contributed by atoms with Crippen LogP contribution in [-0.4, -0.2) is 40.2 Å². The minimum Gasteiger partial charge on any atom is -0.481 e. The van der Waals surface area contributed by atoms with Crippen molar-refractivity contribution < 1.29 is 29.1 Å². The molecule has 1 aliphatic carbocycles. The Morgan fingerprint density at radius 3 is 2.68 bits per heavy atom. The summed E-state index contributed by atoms with van der Waals surface area (Å²) in [6.07, 6.45) is 0.788. The largest absolute Gasteiger partial charge is 0.481 e. The Labute approximate surface area is 133 Å². The molecule has 0 bridgehead atoms. The summed E-state index contributed by atoms with van der Waals surface area (Å²) in [4.78, 5) is 49.9. The van der Waals surface area contributed by atoms with Crippen LogP contribution in [0, 0.1) is 17.8 Å². The van der Waals surface area contributed by atoms with Gasteiger partial charge in [-0.1, -0.05) is 13.8 Å². The molecule has 1 saturated carbocycles. The predicted molar refractivity (Wildman–Crippen MR) is 79.9 cm³/mol. The van der Waals surface area contributed by atoms with E-state index in [1.807, 2.05) is 0 Å². The van der Waals surface area contributed by atoms with Crippen LogP contribution in [0.15, 0.2) is 0 Å². The van der Waals surface area contributed by atoms with Crippen molar-refractivity contribution >= 4 is 35.4 Å². The van der Waals surface area contributed by atoms with Crippen molar-refractivity contribution in [1.29, 1.82) is 0 Å². The number of carbonyl (C=O) groups is 4. The zero-order chi connectivity index (χ0) is 16.7. The van der Waals surface area contributed by atoms with Gasteiger partial charge in [0, 0.05) is 29.8 Å². The molecule has 7 nitrogen and oxygen atoms in total. The summed E-state index contributed by atoms with van der Waals surface area (Å²) in [7, 11) is 0. The first kappa shape index (κ1) is 18.5. The molecule has 0 aliphatic heterocycles. The van der Waals surface area contributed by atoms with Crippen LogP contribution in [0.2, 0.25) is 0 Å². The highest BCUT2D eigenvalue weighted by Gasteiger charge is 2.38. The number of aliphatic carboxylic acids is 1. The summed E-state index contributed by atoms with van der Waals surface area (Å²) >= 11 is 1.35. The molecule has 2 unspecified atom stereocenters. The van der Waals surface area contributed by atoms with Gasteiger partial charge >= 0.3 is 11.9 Å². The van der Waals surface area contributed by atoms with E-state index >= 15 is 0 Å². The fourth-order valence-electron chi connectivity index (χ4n) is 2.06. The number of ketones is 1. The third-order valence-electron chi connectivity index (χ3n) is 3.46. The van der Waals surface area contributed by atoms with Gasteiger partial charge < -0.3 is 9.94 Å². The highest BCUT2D eigenvalue weighted by Crippen LogP contribution is 2.31. The summed E-state index contributed by atoms with van der Waals surface area (Å²) in [5.41, 5.74) is 2.06. The lowest BCUT2D eigenvalue weighted by atomic mass is 9.98. The molecule has 0 saturated heterocycles. The average Bonchev–Trinajstić information content (AvgIpc) is 2.82. The SMILES string of the molecule is CC(C)C(=O)NOC(=O)CCSCC1C(=O)CCC1C(=O)O. The van der Waals surface area contributed by atoms with Crippen molar-refractivity contribution in [2.75, 3.05) is 11.5 Å². The van der Waals surface area contributed by atoms with Gasteiger partial charge in [0.1, 0.15) is 5.78 Å². The second-order valence-electron chi connectivity index (χ2n) is 5.48. The normalized spacial score (nSPS) is 21.0. The maximum absolute atomic E-state index is 11.6. The van der Waals surface area contributed by atoms with Crippen molar-refractivity contribution in [3.8, 4) is 0 Å². The zero-order valence-electron chi connectivity index (χ0n) is 12.7. The molecule has 0 radical (unpaired) electrons. The first-order chi connectivity index (χ1) is 10.3. The van der Waals surface area contributed by atoms with E-state index in [2.05, 4.69) is 10.3 Å². The van der Waals surface area contributed by atoms with Crippen molar-refractivity contribution in [2.45, 2.75) is 33.1 Å². The Morgan fingerprint density at radius 1 is 1.41 bits per heavy atom. The van der Waals surface area contributed by atoms with Crippen LogP contribution in [-0.2, 0) is 24.0 Å². The molecule has 2 N–H and O–H groups in total. The number of thioether (sulfide) groups is 1. The van der Waals surface area contributed by atoms with E-state index in [9.17, 15) is 19.2 Å². The Bertz CT molecular complexity index is 451. The van der Waals surface area contributed by atoms with Crippen molar-refractivity contribution in [3.63, 3.8) is 0 Å². The van der Waals surface area contributed by atoms with E-state index in [0.717, 1.165) is 0 Å². The molecule has 8 heteroatoms. The van der Waals surface area contributed by atoms with E-state index < -0.39 is 23.8 Å². The first-order valence-corrected chi connectivity index (χ1v) is 8.31. The molecule has 1 amide bonds. The van der Waals surface area contributed by atoms with Crippen LogP contribution < -0.4 is 5.48 Å². The Kier molecular flexibility index (Phi) is 7.37. The molecule has 2 atom stereocenters.